The van der Waals surface area contributed by atoms with Crippen molar-refractivity contribution in [2.24, 2.45) is 0 Å². The molecule has 1 unspecified atom stereocenters. The Morgan fingerprint density at radius 1 is 1.44 bits per heavy atom. The van der Waals surface area contributed by atoms with Gasteiger partial charge in [-0.2, -0.15) is 0 Å². The van der Waals surface area contributed by atoms with Crippen molar-refractivity contribution in [3.63, 3.8) is 0 Å². The predicted octanol–water partition coefficient (Wildman–Crippen LogP) is 2.34. The van der Waals surface area contributed by atoms with Crippen molar-refractivity contribution in [3.8, 4) is 0 Å². The van der Waals surface area contributed by atoms with Gasteiger partial charge in [-0.05, 0) is 32.8 Å². The summed E-state index contributed by atoms with van der Waals surface area (Å²) in [5.74, 6) is 0. The van der Waals surface area contributed by atoms with Crippen molar-refractivity contribution >= 4 is 0 Å². The first-order valence-corrected chi connectivity index (χ1v) is 5.99. The highest BCUT2D eigenvalue weighted by atomic mass is 16.3. The summed E-state index contributed by atoms with van der Waals surface area (Å²) in [6, 6.07) is 8.60. The molecule has 1 heterocycles. The third kappa shape index (κ3) is 2.13. The maximum atomic E-state index is 9.92. The molecule has 16 heavy (non-hydrogen) atoms. The molecule has 1 fully saturated rings. The lowest BCUT2D eigenvalue weighted by Crippen LogP contribution is -2.44. The van der Waals surface area contributed by atoms with Gasteiger partial charge in [-0.25, -0.2) is 0 Å². The normalized spacial score (nSPS) is 24.9. The van der Waals surface area contributed by atoms with Crippen molar-refractivity contribution in [1.29, 1.82) is 0 Å². The van der Waals surface area contributed by atoms with Gasteiger partial charge in [0.1, 0.15) is 0 Å². The highest BCUT2D eigenvalue weighted by Crippen LogP contribution is 2.30. The van der Waals surface area contributed by atoms with Gasteiger partial charge in [0.25, 0.3) is 0 Å². The van der Waals surface area contributed by atoms with Crippen LogP contribution < -0.4 is 0 Å². The lowest BCUT2D eigenvalue weighted by molar-refractivity contribution is 0.0506. The van der Waals surface area contributed by atoms with E-state index in [2.05, 4.69) is 49.9 Å². The summed E-state index contributed by atoms with van der Waals surface area (Å²) in [5, 5.41) is 9.92. The lowest BCUT2D eigenvalue weighted by Gasteiger charge is -2.33. The van der Waals surface area contributed by atoms with E-state index in [-0.39, 0.29) is 11.6 Å². The van der Waals surface area contributed by atoms with Crippen LogP contribution in [0.15, 0.2) is 24.3 Å². The third-order valence-corrected chi connectivity index (χ3v) is 3.76. The van der Waals surface area contributed by atoms with Gasteiger partial charge in [0, 0.05) is 18.6 Å². The van der Waals surface area contributed by atoms with E-state index < -0.39 is 0 Å². The van der Waals surface area contributed by atoms with E-state index in [1.54, 1.807) is 0 Å². The minimum Gasteiger partial charge on any atom is -0.391 e. The molecule has 2 rings (SSSR count). The standard InChI is InChI=1S/C14H21NO/c1-11-5-4-6-12(9-11)10-15-8-7-13(16)14(15,2)3/h4-6,9,13,16H,7-8,10H2,1-3H3. The van der Waals surface area contributed by atoms with E-state index in [1.807, 2.05) is 0 Å². The summed E-state index contributed by atoms with van der Waals surface area (Å²) < 4.78 is 0. The van der Waals surface area contributed by atoms with E-state index in [1.165, 1.54) is 11.1 Å². The van der Waals surface area contributed by atoms with Crippen LogP contribution in [-0.4, -0.2) is 28.2 Å². The maximum absolute atomic E-state index is 9.92. The number of rotatable bonds is 2. The largest absolute Gasteiger partial charge is 0.391 e. The van der Waals surface area contributed by atoms with Crippen molar-refractivity contribution in [1.82, 2.24) is 4.90 Å². The zero-order valence-corrected chi connectivity index (χ0v) is 10.4. The Kier molecular flexibility index (Phi) is 3.04. The second-order valence-electron chi connectivity index (χ2n) is 5.37. The van der Waals surface area contributed by atoms with Crippen LogP contribution in [0.2, 0.25) is 0 Å². The van der Waals surface area contributed by atoms with E-state index in [0.29, 0.717) is 0 Å². The number of likely N-dealkylation sites (tertiary alicyclic amines) is 1. The molecule has 0 spiro atoms. The molecule has 1 aliphatic heterocycles. The molecule has 1 aromatic rings. The first-order chi connectivity index (χ1) is 7.50. The SMILES string of the molecule is Cc1cccc(CN2CCC(O)C2(C)C)c1. The molecule has 0 amide bonds. The Morgan fingerprint density at radius 3 is 2.75 bits per heavy atom. The Morgan fingerprint density at radius 2 is 2.19 bits per heavy atom. The van der Waals surface area contributed by atoms with Crippen LogP contribution in [0, 0.1) is 6.92 Å². The minimum atomic E-state index is -0.197. The van der Waals surface area contributed by atoms with E-state index in [0.717, 1.165) is 19.5 Å². The van der Waals surface area contributed by atoms with E-state index in [4.69, 9.17) is 0 Å². The number of aliphatic hydroxyl groups is 1. The van der Waals surface area contributed by atoms with Gasteiger partial charge in [-0.1, -0.05) is 29.8 Å². The second kappa shape index (κ2) is 4.19. The molecule has 2 nitrogen and oxygen atoms in total. The van der Waals surface area contributed by atoms with Crippen LogP contribution in [-0.2, 0) is 6.54 Å². The Hall–Kier alpha value is -0.860. The molecule has 2 heteroatoms. The zero-order valence-electron chi connectivity index (χ0n) is 10.4. The van der Waals surface area contributed by atoms with Crippen LogP contribution >= 0.6 is 0 Å². The summed E-state index contributed by atoms with van der Waals surface area (Å²) >= 11 is 0. The van der Waals surface area contributed by atoms with Gasteiger partial charge in [0.05, 0.1) is 6.10 Å². The molecular formula is C14H21NO. The zero-order chi connectivity index (χ0) is 11.8. The number of aliphatic hydroxyl groups excluding tert-OH is 1. The fraction of sp³-hybridized carbons (Fsp3) is 0.571. The quantitative estimate of drug-likeness (QED) is 0.825. The molecule has 1 N–H and O–H groups in total. The number of aryl methyl sites for hydroxylation is 1. The topological polar surface area (TPSA) is 23.5 Å². The van der Waals surface area contributed by atoms with Gasteiger partial charge in [-0.3, -0.25) is 4.90 Å². The Labute approximate surface area is 97.9 Å². The molecule has 0 aromatic heterocycles. The highest BCUT2D eigenvalue weighted by Gasteiger charge is 2.39. The first kappa shape index (κ1) is 11.6. The molecule has 0 saturated carbocycles. The Bertz CT molecular complexity index is 373. The molecule has 0 radical (unpaired) electrons. The van der Waals surface area contributed by atoms with Crippen molar-refractivity contribution in [2.45, 2.75) is 45.4 Å². The number of benzene rings is 1. The second-order valence-corrected chi connectivity index (χ2v) is 5.37. The molecule has 0 aliphatic carbocycles. The van der Waals surface area contributed by atoms with E-state index in [9.17, 15) is 5.11 Å². The third-order valence-electron chi connectivity index (χ3n) is 3.76. The van der Waals surface area contributed by atoms with Crippen LogP contribution in [0.25, 0.3) is 0 Å². The van der Waals surface area contributed by atoms with Crippen LogP contribution in [0.3, 0.4) is 0 Å². The maximum Gasteiger partial charge on any atom is 0.0730 e. The van der Waals surface area contributed by atoms with Gasteiger partial charge < -0.3 is 5.11 Å². The van der Waals surface area contributed by atoms with Gasteiger partial charge in [0.2, 0.25) is 0 Å². The molecule has 1 aliphatic rings. The van der Waals surface area contributed by atoms with E-state index >= 15 is 0 Å². The monoisotopic (exact) mass is 219 g/mol. The summed E-state index contributed by atoms with van der Waals surface area (Å²) in [7, 11) is 0. The molecule has 1 saturated heterocycles. The number of hydrogen-bond donors (Lipinski definition) is 1. The average molecular weight is 219 g/mol. The molecular weight excluding hydrogens is 198 g/mol. The van der Waals surface area contributed by atoms with Gasteiger partial charge in [0.15, 0.2) is 0 Å². The highest BCUT2D eigenvalue weighted by molar-refractivity contribution is 5.22. The van der Waals surface area contributed by atoms with Crippen molar-refractivity contribution < 1.29 is 5.11 Å². The molecule has 0 bridgehead atoms. The minimum absolute atomic E-state index is 0.0935. The number of hydrogen-bond acceptors (Lipinski definition) is 2. The van der Waals surface area contributed by atoms with Crippen LogP contribution in [0.4, 0.5) is 0 Å². The molecule has 1 aromatic carbocycles. The van der Waals surface area contributed by atoms with Crippen molar-refractivity contribution in [3.05, 3.63) is 35.4 Å². The predicted molar refractivity (Wildman–Crippen MR) is 66.3 cm³/mol. The summed E-state index contributed by atoms with van der Waals surface area (Å²) in [6.07, 6.45) is 0.691. The van der Waals surface area contributed by atoms with Crippen LogP contribution in [0.5, 0.6) is 0 Å². The summed E-state index contributed by atoms with van der Waals surface area (Å²) in [5.41, 5.74) is 2.54. The summed E-state index contributed by atoms with van der Waals surface area (Å²) in [6.45, 7) is 8.29. The first-order valence-electron chi connectivity index (χ1n) is 5.99. The van der Waals surface area contributed by atoms with Crippen LogP contribution in [0.1, 0.15) is 31.4 Å². The fourth-order valence-electron chi connectivity index (χ4n) is 2.44. The summed E-state index contributed by atoms with van der Waals surface area (Å²) in [4.78, 5) is 2.37. The smallest absolute Gasteiger partial charge is 0.0730 e. The van der Waals surface area contributed by atoms with Crippen molar-refractivity contribution in [2.75, 3.05) is 6.54 Å². The fourth-order valence-corrected chi connectivity index (χ4v) is 2.44. The molecule has 1 atom stereocenters. The lowest BCUT2D eigenvalue weighted by atomic mass is 9.98. The van der Waals surface area contributed by atoms with Gasteiger partial charge >= 0.3 is 0 Å². The van der Waals surface area contributed by atoms with Gasteiger partial charge in [-0.15, -0.1) is 0 Å². The number of nitrogens with zero attached hydrogens (tertiary/aromatic N) is 1. The Balaban J connectivity index is 2.11. The average Bonchev–Trinajstić information content (AvgIpc) is 2.45. The molecule has 88 valence electrons.